The van der Waals surface area contributed by atoms with Gasteiger partial charge in [0.25, 0.3) is 0 Å². The molecule has 3 nitrogen and oxygen atoms in total. The average Bonchev–Trinajstić information content (AvgIpc) is 2.32. The Bertz CT molecular complexity index is 418. The van der Waals surface area contributed by atoms with E-state index in [2.05, 4.69) is 0 Å². The van der Waals surface area contributed by atoms with Crippen LogP contribution in [-0.4, -0.2) is 29.6 Å². The smallest absolute Gasteiger partial charge is 0.249 e. The van der Waals surface area contributed by atoms with Crippen molar-refractivity contribution in [2.45, 2.75) is 46.4 Å². The van der Waals surface area contributed by atoms with Gasteiger partial charge in [-0.3, -0.25) is 4.79 Å². The molecular formula is C15H22ClNO2. The highest BCUT2D eigenvalue weighted by Gasteiger charge is 2.17. The molecule has 0 aliphatic heterocycles. The van der Waals surface area contributed by atoms with Gasteiger partial charge in [-0.1, -0.05) is 23.7 Å². The molecule has 0 N–H and O–H groups in total. The zero-order chi connectivity index (χ0) is 14.4. The number of benzene rings is 1. The molecule has 0 saturated carbocycles. The summed E-state index contributed by atoms with van der Waals surface area (Å²) < 4.78 is 5.38. The standard InChI is InChI=1S/C15H22ClNO2/c1-11(2)17(15(18)10-19-12(3)4)9-13-6-5-7-14(16)8-13/h5-8,11-12H,9-10H2,1-4H3. The van der Waals surface area contributed by atoms with E-state index in [1.54, 1.807) is 4.90 Å². The first-order valence-electron chi connectivity index (χ1n) is 6.55. The second-order valence-electron chi connectivity index (χ2n) is 5.11. The number of ether oxygens (including phenoxy) is 1. The molecule has 0 unspecified atom stereocenters. The summed E-state index contributed by atoms with van der Waals surface area (Å²) >= 11 is 5.96. The SMILES string of the molecule is CC(C)OCC(=O)N(Cc1cccc(Cl)c1)C(C)C. The lowest BCUT2D eigenvalue weighted by Gasteiger charge is -2.27. The first kappa shape index (κ1) is 16.0. The summed E-state index contributed by atoms with van der Waals surface area (Å²) in [6.45, 7) is 8.51. The molecule has 106 valence electrons. The second kappa shape index (κ2) is 7.51. The molecule has 0 heterocycles. The maximum absolute atomic E-state index is 12.1. The lowest BCUT2D eigenvalue weighted by atomic mass is 10.2. The van der Waals surface area contributed by atoms with Crippen LogP contribution in [0, 0.1) is 0 Å². The monoisotopic (exact) mass is 283 g/mol. The Balaban J connectivity index is 2.70. The van der Waals surface area contributed by atoms with E-state index < -0.39 is 0 Å². The van der Waals surface area contributed by atoms with Gasteiger partial charge >= 0.3 is 0 Å². The number of amides is 1. The van der Waals surface area contributed by atoms with Crippen molar-refractivity contribution in [3.63, 3.8) is 0 Å². The van der Waals surface area contributed by atoms with Gasteiger partial charge in [0.15, 0.2) is 0 Å². The van der Waals surface area contributed by atoms with Gasteiger partial charge in [0.1, 0.15) is 6.61 Å². The minimum atomic E-state index is 0.00340. The maximum Gasteiger partial charge on any atom is 0.249 e. The quantitative estimate of drug-likeness (QED) is 0.800. The summed E-state index contributed by atoms with van der Waals surface area (Å²) in [6.07, 6.45) is 0.0594. The van der Waals surface area contributed by atoms with Crippen LogP contribution in [0.3, 0.4) is 0 Å². The van der Waals surface area contributed by atoms with Crippen molar-refractivity contribution in [2.75, 3.05) is 6.61 Å². The van der Waals surface area contributed by atoms with E-state index in [1.165, 1.54) is 0 Å². The fourth-order valence-corrected chi connectivity index (χ4v) is 1.92. The van der Waals surface area contributed by atoms with Crippen LogP contribution in [0.5, 0.6) is 0 Å². The lowest BCUT2D eigenvalue weighted by Crippen LogP contribution is -2.39. The van der Waals surface area contributed by atoms with Gasteiger partial charge in [-0.2, -0.15) is 0 Å². The average molecular weight is 284 g/mol. The number of halogens is 1. The van der Waals surface area contributed by atoms with E-state index in [4.69, 9.17) is 16.3 Å². The zero-order valence-electron chi connectivity index (χ0n) is 12.0. The van der Waals surface area contributed by atoms with Gasteiger partial charge in [0.05, 0.1) is 6.10 Å². The molecule has 1 aromatic carbocycles. The molecule has 0 aliphatic carbocycles. The second-order valence-corrected chi connectivity index (χ2v) is 5.54. The molecule has 1 aromatic rings. The van der Waals surface area contributed by atoms with Gasteiger partial charge in [-0.05, 0) is 45.4 Å². The molecule has 19 heavy (non-hydrogen) atoms. The Morgan fingerprint density at radius 2 is 2.00 bits per heavy atom. The molecule has 0 saturated heterocycles. The molecule has 1 amide bonds. The molecule has 0 aliphatic rings. The van der Waals surface area contributed by atoms with Crippen LogP contribution in [0.15, 0.2) is 24.3 Å². The highest BCUT2D eigenvalue weighted by molar-refractivity contribution is 6.30. The van der Waals surface area contributed by atoms with Gasteiger partial charge in [0.2, 0.25) is 5.91 Å². The Morgan fingerprint density at radius 1 is 1.32 bits per heavy atom. The Hall–Kier alpha value is -1.06. The Kier molecular flexibility index (Phi) is 6.32. The number of hydrogen-bond acceptors (Lipinski definition) is 2. The molecule has 0 atom stereocenters. The van der Waals surface area contributed by atoms with Gasteiger partial charge < -0.3 is 9.64 Å². The van der Waals surface area contributed by atoms with Crippen molar-refractivity contribution in [3.8, 4) is 0 Å². The first-order valence-corrected chi connectivity index (χ1v) is 6.93. The number of hydrogen-bond donors (Lipinski definition) is 0. The predicted molar refractivity (Wildman–Crippen MR) is 78.2 cm³/mol. The number of carbonyl (C=O) groups is 1. The van der Waals surface area contributed by atoms with Crippen molar-refractivity contribution >= 4 is 17.5 Å². The number of carbonyl (C=O) groups excluding carboxylic acids is 1. The third-order valence-electron chi connectivity index (χ3n) is 2.73. The molecule has 0 spiro atoms. The summed E-state index contributed by atoms with van der Waals surface area (Å²) in [7, 11) is 0. The van der Waals surface area contributed by atoms with E-state index in [0.717, 1.165) is 5.56 Å². The predicted octanol–water partition coefficient (Wildman–Crippen LogP) is 3.50. The molecule has 1 rings (SSSR count). The highest BCUT2D eigenvalue weighted by Crippen LogP contribution is 2.14. The van der Waals surface area contributed by atoms with Crippen LogP contribution in [0.4, 0.5) is 0 Å². The van der Waals surface area contributed by atoms with Gasteiger partial charge in [-0.25, -0.2) is 0 Å². The van der Waals surface area contributed by atoms with Gasteiger partial charge in [0, 0.05) is 17.6 Å². The summed E-state index contributed by atoms with van der Waals surface area (Å²) in [5.74, 6) is 0.00340. The van der Waals surface area contributed by atoms with E-state index in [9.17, 15) is 4.79 Å². The van der Waals surface area contributed by atoms with Crippen molar-refractivity contribution in [1.82, 2.24) is 4.90 Å². The van der Waals surface area contributed by atoms with Crippen molar-refractivity contribution in [2.24, 2.45) is 0 Å². The number of nitrogens with zero attached hydrogens (tertiary/aromatic N) is 1. The fraction of sp³-hybridized carbons (Fsp3) is 0.533. The van der Waals surface area contributed by atoms with Crippen molar-refractivity contribution in [1.29, 1.82) is 0 Å². The lowest BCUT2D eigenvalue weighted by molar-refractivity contribution is -0.140. The summed E-state index contributed by atoms with van der Waals surface area (Å²) in [5, 5.41) is 0.687. The minimum absolute atomic E-state index is 0.00340. The van der Waals surface area contributed by atoms with E-state index in [1.807, 2.05) is 52.0 Å². The summed E-state index contributed by atoms with van der Waals surface area (Å²) in [4.78, 5) is 13.9. The fourth-order valence-electron chi connectivity index (χ4n) is 1.71. The van der Waals surface area contributed by atoms with E-state index >= 15 is 0 Å². The Labute approximate surface area is 120 Å². The molecule has 0 radical (unpaired) electrons. The zero-order valence-corrected chi connectivity index (χ0v) is 12.8. The number of rotatable bonds is 6. The molecule has 0 bridgehead atoms. The van der Waals surface area contributed by atoms with Crippen LogP contribution >= 0.6 is 11.6 Å². The molecule has 4 heteroatoms. The highest BCUT2D eigenvalue weighted by atomic mass is 35.5. The first-order chi connectivity index (χ1) is 8.90. The third-order valence-corrected chi connectivity index (χ3v) is 2.96. The largest absolute Gasteiger partial charge is 0.369 e. The normalized spacial score (nSPS) is 11.1. The van der Waals surface area contributed by atoms with Crippen LogP contribution in [0.2, 0.25) is 5.02 Å². The van der Waals surface area contributed by atoms with Crippen molar-refractivity contribution < 1.29 is 9.53 Å². The topological polar surface area (TPSA) is 29.5 Å². The summed E-state index contributed by atoms with van der Waals surface area (Å²) in [6, 6.07) is 7.70. The van der Waals surface area contributed by atoms with Crippen LogP contribution in [-0.2, 0) is 16.1 Å². The van der Waals surface area contributed by atoms with E-state index in [0.29, 0.717) is 11.6 Å². The van der Waals surface area contributed by atoms with Crippen LogP contribution < -0.4 is 0 Å². The third kappa shape index (κ3) is 5.62. The van der Waals surface area contributed by atoms with Crippen LogP contribution in [0.25, 0.3) is 0 Å². The minimum Gasteiger partial charge on any atom is -0.369 e. The Morgan fingerprint density at radius 3 is 2.53 bits per heavy atom. The van der Waals surface area contributed by atoms with Crippen LogP contribution in [0.1, 0.15) is 33.3 Å². The maximum atomic E-state index is 12.1. The van der Waals surface area contributed by atoms with E-state index in [-0.39, 0.29) is 24.7 Å². The van der Waals surface area contributed by atoms with Crippen molar-refractivity contribution in [3.05, 3.63) is 34.9 Å². The molecular weight excluding hydrogens is 262 g/mol. The molecule has 0 aromatic heterocycles. The summed E-state index contributed by atoms with van der Waals surface area (Å²) in [5.41, 5.74) is 1.03. The van der Waals surface area contributed by atoms with Gasteiger partial charge in [-0.15, -0.1) is 0 Å². The molecule has 0 fully saturated rings.